The molecule has 2 heterocycles. The SMILES string of the molecule is O=C(O)[C@H](c1ccccc1)N(Cc1cccnc1)S(=O)(=O)Cc1ccc2sccc2c1. The van der Waals surface area contributed by atoms with Crippen LogP contribution in [0.3, 0.4) is 0 Å². The summed E-state index contributed by atoms with van der Waals surface area (Å²) in [6.45, 7) is -0.0945. The quantitative estimate of drug-likeness (QED) is 0.427. The maximum atomic E-state index is 13.5. The molecule has 0 bridgehead atoms. The first kappa shape index (κ1) is 21.2. The summed E-state index contributed by atoms with van der Waals surface area (Å²) in [6.07, 6.45) is 3.13. The number of hydrogen-bond donors (Lipinski definition) is 1. The molecule has 2 aromatic carbocycles. The minimum absolute atomic E-state index is 0.0945. The molecular weight excluding hydrogens is 432 g/mol. The molecule has 31 heavy (non-hydrogen) atoms. The number of aliphatic carboxylic acids is 1. The smallest absolute Gasteiger partial charge is 0.326 e. The normalized spacial score (nSPS) is 12.8. The van der Waals surface area contributed by atoms with E-state index in [9.17, 15) is 18.3 Å². The van der Waals surface area contributed by atoms with E-state index in [-0.39, 0.29) is 12.3 Å². The summed E-state index contributed by atoms with van der Waals surface area (Å²) in [5.74, 6) is -1.53. The predicted molar refractivity (Wildman–Crippen MR) is 121 cm³/mol. The highest BCUT2D eigenvalue weighted by atomic mass is 32.2. The van der Waals surface area contributed by atoms with E-state index < -0.39 is 22.0 Å². The molecule has 0 saturated heterocycles. The number of thiophene rings is 1. The van der Waals surface area contributed by atoms with E-state index in [0.717, 1.165) is 14.4 Å². The molecule has 158 valence electrons. The van der Waals surface area contributed by atoms with Gasteiger partial charge in [-0.2, -0.15) is 4.31 Å². The van der Waals surface area contributed by atoms with Gasteiger partial charge in [-0.3, -0.25) is 9.78 Å². The summed E-state index contributed by atoms with van der Waals surface area (Å²) < 4.78 is 29.2. The predicted octanol–water partition coefficient (Wildman–Crippen LogP) is 4.45. The van der Waals surface area contributed by atoms with Crippen LogP contribution in [0.1, 0.15) is 22.7 Å². The van der Waals surface area contributed by atoms with Crippen LogP contribution in [0.5, 0.6) is 0 Å². The summed E-state index contributed by atoms with van der Waals surface area (Å²) in [7, 11) is -3.99. The van der Waals surface area contributed by atoms with Crippen LogP contribution in [0.15, 0.2) is 84.5 Å². The molecule has 0 unspecified atom stereocenters. The first-order valence-electron chi connectivity index (χ1n) is 9.56. The molecule has 4 rings (SSSR count). The third-order valence-electron chi connectivity index (χ3n) is 4.92. The van der Waals surface area contributed by atoms with Crippen LogP contribution in [-0.2, 0) is 27.1 Å². The fourth-order valence-electron chi connectivity index (χ4n) is 3.49. The van der Waals surface area contributed by atoms with E-state index in [1.807, 2.05) is 23.6 Å². The fraction of sp³-hybridized carbons (Fsp3) is 0.130. The van der Waals surface area contributed by atoms with Crippen molar-refractivity contribution >= 4 is 37.4 Å². The number of hydrogen-bond acceptors (Lipinski definition) is 5. The third-order valence-corrected chi connectivity index (χ3v) is 7.57. The van der Waals surface area contributed by atoms with Gasteiger partial charge in [-0.25, -0.2) is 8.42 Å². The highest BCUT2D eigenvalue weighted by Gasteiger charge is 2.36. The molecule has 1 N–H and O–H groups in total. The van der Waals surface area contributed by atoms with Crippen molar-refractivity contribution in [1.29, 1.82) is 0 Å². The lowest BCUT2D eigenvalue weighted by molar-refractivity contribution is -0.141. The van der Waals surface area contributed by atoms with E-state index in [2.05, 4.69) is 4.98 Å². The fourth-order valence-corrected chi connectivity index (χ4v) is 5.91. The van der Waals surface area contributed by atoms with Gasteiger partial charge in [0.05, 0.1) is 5.75 Å². The summed E-state index contributed by atoms with van der Waals surface area (Å²) in [6, 6.07) is 17.9. The van der Waals surface area contributed by atoms with Crippen molar-refractivity contribution in [3.8, 4) is 0 Å². The van der Waals surface area contributed by atoms with Gasteiger partial charge in [0.2, 0.25) is 10.0 Å². The summed E-state index contributed by atoms with van der Waals surface area (Å²) in [5, 5.41) is 12.9. The Labute approximate surface area is 184 Å². The Morgan fingerprint density at radius 3 is 2.55 bits per heavy atom. The first-order chi connectivity index (χ1) is 14.9. The summed E-state index contributed by atoms with van der Waals surface area (Å²) >= 11 is 1.58. The Morgan fingerprint density at radius 1 is 1.03 bits per heavy atom. The second kappa shape index (κ2) is 8.97. The van der Waals surface area contributed by atoms with Crippen molar-refractivity contribution in [2.75, 3.05) is 0 Å². The van der Waals surface area contributed by atoms with Crippen LogP contribution in [0.25, 0.3) is 10.1 Å². The zero-order valence-corrected chi connectivity index (χ0v) is 18.1. The number of sulfonamides is 1. The lowest BCUT2D eigenvalue weighted by atomic mass is 10.1. The maximum absolute atomic E-state index is 13.5. The van der Waals surface area contributed by atoms with E-state index in [1.54, 1.807) is 72.3 Å². The monoisotopic (exact) mass is 452 g/mol. The molecule has 2 aromatic heterocycles. The second-order valence-corrected chi connectivity index (χ2v) is 9.98. The number of carbonyl (C=O) groups is 1. The molecule has 4 aromatic rings. The molecule has 0 aliphatic heterocycles. The van der Waals surface area contributed by atoms with Gasteiger partial charge in [-0.05, 0) is 51.7 Å². The molecular formula is C23H20N2O4S2. The second-order valence-electron chi connectivity index (χ2n) is 7.11. The Morgan fingerprint density at radius 2 is 1.84 bits per heavy atom. The average Bonchev–Trinajstić information content (AvgIpc) is 3.22. The van der Waals surface area contributed by atoms with Crippen LogP contribution in [-0.4, -0.2) is 28.8 Å². The minimum atomic E-state index is -3.99. The highest BCUT2D eigenvalue weighted by molar-refractivity contribution is 7.88. The van der Waals surface area contributed by atoms with Gasteiger partial charge >= 0.3 is 5.97 Å². The van der Waals surface area contributed by atoms with Crippen LogP contribution in [0.4, 0.5) is 0 Å². The number of rotatable bonds is 8. The number of pyridine rings is 1. The van der Waals surface area contributed by atoms with Gasteiger partial charge in [-0.1, -0.05) is 42.5 Å². The summed E-state index contributed by atoms with van der Waals surface area (Å²) in [4.78, 5) is 16.3. The molecule has 0 radical (unpaired) electrons. The first-order valence-corrected chi connectivity index (χ1v) is 12.1. The number of carboxylic acid groups (broad SMARTS) is 1. The van der Waals surface area contributed by atoms with Gasteiger partial charge in [-0.15, -0.1) is 11.3 Å². The maximum Gasteiger partial charge on any atom is 0.326 e. The third kappa shape index (κ3) is 4.82. The number of carboxylic acids is 1. The summed E-state index contributed by atoms with van der Waals surface area (Å²) in [5.41, 5.74) is 1.62. The molecule has 1 atom stereocenters. The Bertz CT molecular complexity index is 1290. The number of fused-ring (bicyclic) bond motifs is 1. The van der Waals surface area contributed by atoms with Crippen LogP contribution >= 0.6 is 11.3 Å². The molecule has 0 aliphatic carbocycles. The Kier molecular flexibility index (Phi) is 6.13. The van der Waals surface area contributed by atoms with Crippen molar-refractivity contribution in [3.05, 3.63) is 101 Å². The van der Waals surface area contributed by atoms with Crippen molar-refractivity contribution in [3.63, 3.8) is 0 Å². The Balaban J connectivity index is 1.75. The molecule has 0 saturated carbocycles. The van der Waals surface area contributed by atoms with Gasteiger partial charge < -0.3 is 5.11 Å². The van der Waals surface area contributed by atoms with Crippen LogP contribution in [0, 0.1) is 0 Å². The average molecular weight is 453 g/mol. The minimum Gasteiger partial charge on any atom is -0.480 e. The number of aromatic nitrogens is 1. The van der Waals surface area contributed by atoms with Gasteiger partial charge in [0.25, 0.3) is 0 Å². The molecule has 0 spiro atoms. The number of benzene rings is 2. The van der Waals surface area contributed by atoms with Gasteiger partial charge in [0, 0.05) is 23.6 Å². The van der Waals surface area contributed by atoms with E-state index >= 15 is 0 Å². The van der Waals surface area contributed by atoms with Gasteiger partial charge in [0.15, 0.2) is 0 Å². The standard InChI is InChI=1S/C23H20N2O4S2/c26-23(27)22(19-6-2-1-3-7-19)25(15-18-5-4-11-24-14-18)31(28,29)16-17-8-9-21-20(13-17)10-12-30-21/h1-14,22H,15-16H2,(H,26,27)/t22-/m0/s1. The van der Waals surface area contributed by atoms with E-state index in [1.165, 1.54) is 0 Å². The van der Waals surface area contributed by atoms with Crippen molar-refractivity contribution in [2.24, 2.45) is 0 Å². The molecule has 6 nitrogen and oxygen atoms in total. The zero-order chi connectivity index (χ0) is 21.8. The molecule has 0 fully saturated rings. The lowest BCUT2D eigenvalue weighted by Crippen LogP contribution is -2.39. The van der Waals surface area contributed by atoms with Crippen molar-refractivity contribution < 1.29 is 18.3 Å². The van der Waals surface area contributed by atoms with Crippen LogP contribution < -0.4 is 0 Å². The van der Waals surface area contributed by atoms with E-state index in [0.29, 0.717) is 16.7 Å². The molecule has 8 heteroatoms. The van der Waals surface area contributed by atoms with E-state index in [4.69, 9.17) is 0 Å². The van der Waals surface area contributed by atoms with Gasteiger partial charge in [0.1, 0.15) is 6.04 Å². The van der Waals surface area contributed by atoms with Crippen molar-refractivity contribution in [2.45, 2.75) is 18.3 Å². The van der Waals surface area contributed by atoms with Crippen molar-refractivity contribution in [1.82, 2.24) is 9.29 Å². The lowest BCUT2D eigenvalue weighted by Gasteiger charge is -2.28. The number of nitrogens with zero attached hydrogens (tertiary/aromatic N) is 2. The molecule has 0 aliphatic rings. The zero-order valence-electron chi connectivity index (χ0n) is 16.5. The molecule has 0 amide bonds. The highest BCUT2D eigenvalue weighted by Crippen LogP contribution is 2.29. The van der Waals surface area contributed by atoms with Crippen LogP contribution in [0.2, 0.25) is 0 Å². The largest absolute Gasteiger partial charge is 0.480 e. The Hall–Kier alpha value is -3.07. The topological polar surface area (TPSA) is 87.6 Å².